The third-order valence-corrected chi connectivity index (χ3v) is 3.84. The first-order chi connectivity index (χ1) is 9.00. The highest BCUT2D eigenvalue weighted by atomic mass is 31.2. The van der Waals surface area contributed by atoms with Gasteiger partial charge < -0.3 is 9.26 Å². The van der Waals surface area contributed by atoms with E-state index < -0.39 is 19.8 Å². The van der Waals surface area contributed by atoms with Gasteiger partial charge in [-0.15, -0.1) is 0 Å². The van der Waals surface area contributed by atoms with E-state index in [0.717, 1.165) is 0 Å². The van der Waals surface area contributed by atoms with E-state index in [1.165, 1.54) is 14.0 Å². The fourth-order valence-corrected chi connectivity index (χ4v) is 2.51. The molecule has 0 aliphatic heterocycles. The number of hydrogen-bond donors (Lipinski definition) is 1. The number of rotatable bonds is 7. The van der Waals surface area contributed by atoms with Crippen LogP contribution in [0.4, 0.5) is 0 Å². The lowest BCUT2D eigenvalue weighted by Gasteiger charge is -2.21. The molecule has 0 saturated heterocycles. The number of esters is 1. The van der Waals surface area contributed by atoms with Gasteiger partial charge in [0.15, 0.2) is 0 Å². The molecule has 1 rings (SSSR count). The van der Waals surface area contributed by atoms with Crippen LogP contribution in [0.25, 0.3) is 0 Å². The second kappa shape index (κ2) is 7.28. The largest absolute Gasteiger partial charge is 0.465 e. The summed E-state index contributed by atoms with van der Waals surface area (Å²) >= 11 is 0. The minimum Gasteiger partial charge on any atom is -0.465 e. The first kappa shape index (κ1) is 15.7. The van der Waals surface area contributed by atoms with Crippen LogP contribution in [0.2, 0.25) is 0 Å². The number of para-hydroxylation sites is 1. The van der Waals surface area contributed by atoms with Gasteiger partial charge in [-0.2, -0.15) is 5.09 Å². The van der Waals surface area contributed by atoms with E-state index in [4.69, 9.17) is 13.8 Å². The molecular weight excluding hydrogens is 269 g/mol. The normalized spacial score (nSPS) is 15.3. The molecule has 0 bridgehead atoms. The monoisotopic (exact) mass is 287 g/mol. The number of carbonyl (C=O) groups is 1. The van der Waals surface area contributed by atoms with Crippen LogP contribution in [0.1, 0.15) is 13.8 Å². The van der Waals surface area contributed by atoms with Crippen molar-refractivity contribution >= 4 is 13.7 Å². The van der Waals surface area contributed by atoms with Crippen molar-refractivity contribution in [3.8, 4) is 5.75 Å². The Bertz CT molecular complexity index is 451. The van der Waals surface area contributed by atoms with Gasteiger partial charge in [0, 0.05) is 7.11 Å². The Hall–Kier alpha value is -1.36. The highest BCUT2D eigenvalue weighted by molar-refractivity contribution is 7.52. The third kappa shape index (κ3) is 5.03. The van der Waals surface area contributed by atoms with E-state index in [9.17, 15) is 9.36 Å². The Morgan fingerprint density at radius 2 is 2.00 bits per heavy atom. The summed E-state index contributed by atoms with van der Waals surface area (Å²) in [5, 5.41) is 2.51. The summed E-state index contributed by atoms with van der Waals surface area (Å²) in [4.78, 5) is 11.5. The van der Waals surface area contributed by atoms with Gasteiger partial charge in [-0.1, -0.05) is 18.2 Å². The molecule has 2 atom stereocenters. The molecular formula is C12H18NO5P. The molecule has 1 aromatic carbocycles. The molecule has 19 heavy (non-hydrogen) atoms. The second-order valence-electron chi connectivity index (χ2n) is 3.69. The number of nitrogens with one attached hydrogen (secondary N) is 1. The van der Waals surface area contributed by atoms with Crippen molar-refractivity contribution < 1.29 is 23.1 Å². The lowest BCUT2D eigenvalue weighted by molar-refractivity contribution is -0.144. The second-order valence-corrected chi connectivity index (χ2v) is 5.49. The van der Waals surface area contributed by atoms with Crippen molar-refractivity contribution in [2.75, 3.05) is 13.7 Å². The molecule has 0 spiro atoms. The highest BCUT2D eigenvalue weighted by Gasteiger charge is 2.30. The maximum atomic E-state index is 12.3. The van der Waals surface area contributed by atoms with Gasteiger partial charge in [0.2, 0.25) is 0 Å². The van der Waals surface area contributed by atoms with Crippen LogP contribution in [0, 0.1) is 0 Å². The molecule has 106 valence electrons. The van der Waals surface area contributed by atoms with E-state index >= 15 is 0 Å². The number of benzene rings is 1. The molecule has 1 N–H and O–H groups in total. The molecule has 0 saturated carbocycles. The number of carbonyl (C=O) groups excluding carboxylic acids is 1. The molecule has 6 nitrogen and oxygen atoms in total. The summed E-state index contributed by atoms with van der Waals surface area (Å²) in [7, 11) is -2.36. The molecule has 0 unspecified atom stereocenters. The van der Waals surface area contributed by atoms with Crippen LogP contribution in [-0.2, 0) is 18.6 Å². The summed E-state index contributed by atoms with van der Waals surface area (Å²) in [6.45, 7) is 3.47. The van der Waals surface area contributed by atoms with Crippen LogP contribution in [0.5, 0.6) is 5.75 Å². The summed E-state index contributed by atoms with van der Waals surface area (Å²) in [6.07, 6.45) is 0. The molecule has 1 aromatic rings. The van der Waals surface area contributed by atoms with Crippen molar-refractivity contribution in [3.05, 3.63) is 30.3 Å². The van der Waals surface area contributed by atoms with Gasteiger partial charge in [0.25, 0.3) is 0 Å². The minimum absolute atomic E-state index is 0.252. The minimum atomic E-state index is -3.61. The summed E-state index contributed by atoms with van der Waals surface area (Å²) in [5.41, 5.74) is 0. The molecule has 0 heterocycles. The molecule has 0 aliphatic carbocycles. The van der Waals surface area contributed by atoms with Gasteiger partial charge in [0.05, 0.1) is 6.61 Å². The first-order valence-corrected chi connectivity index (χ1v) is 7.40. The summed E-state index contributed by atoms with van der Waals surface area (Å²) in [6, 6.07) is 7.77. The zero-order chi connectivity index (χ0) is 14.3. The number of ether oxygens (including phenoxy) is 1. The maximum Gasteiger partial charge on any atom is 0.459 e. The topological polar surface area (TPSA) is 73.9 Å². The molecule has 0 fully saturated rings. The Kier molecular flexibility index (Phi) is 6.02. The SMILES string of the molecule is CCOC(=O)[C@H](C)N[P@@](=O)(OC)Oc1ccccc1. The van der Waals surface area contributed by atoms with Crippen LogP contribution in [-0.4, -0.2) is 25.7 Å². The van der Waals surface area contributed by atoms with E-state index in [1.54, 1.807) is 37.3 Å². The van der Waals surface area contributed by atoms with E-state index in [0.29, 0.717) is 5.75 Å². The van der Waals surface area contributed by atoms with Crippen molar-refractivity contribution in [1.29, 1.82) is 0 Å². The predicted molar refractivity (Wildman–Crippen MR) is 70.9 cm³/mol. The Morgan fingerprint density at radius 1 is 1.37 bits per heavy atom. The van der Waals surface area contributed by atoms with Crippen molar-refractivity contribution in [2.24, 2.45) is 0 Å². The van der Waals surface area contributed by atoms with Crippen molar-refractivity contribution in [3.63, 3.8) is 0 Å². The van der Waals surface area contributed by atoms with Crippen molar-refractivity contribution in [1.82, 2.24) is 5.09 Å². The first-order valence-electron chi connectivity index (χ1n) is 5.85. The zero-order valence-corrected chi connectivity index (χ0v) is 12.1. The molecule has 0 amide bonds. The lowest BCUT2D eigenvalue weighted by atomic mass is 10.3. The third-order valence-electron chi connectivity index (χ3n) is 2.20. The van der Waals surface area contributed by atoms with E-state index in [1.807, 2.05) is 0 Å². The number of hydrogen-bond acceptors (Lipinski definition) is 5. The van der Waals surface area contributed by atoms with Gasteiger partial charge >= 0.3 is 13.7 Å². The fourth-order valence-electron chi connectivity index (χ4n) is 1.29. The lowest BCUT2D eigenvalue weighted by Crippen LogP contribution is -2.34. The van der Waals surface area contributed by atoms with E-state index in [-0.39, 0.29) is 6.61 Å². The van der Waals surface area contributed by atoms with Gasteiger partial charge in [-0.3, -0.25) is 9.32 Å². The van der Waals surface area contributed by atoms with Gasteiger partial charge in [-0.25, -0.2) is 4.57 Å². The maximum absolute atomic E-state index is 12.3. The average molecular weight is 287 g/mol. The Labute approximate surface area is 112 Å². The Morgan fingerprint density at radius 3 is 2.53 bits per heavy atom. The Balaban J connectivity index is 2.70. The molecule has 7 heteroatoms. The smallest absolute Gasteiger partial charge is 0.459 e. The predicted octanol–water partition coefficient (Wildman–Crippen LogP) is 2.36. The summed E-state index contributed by atoms with van der Waals surface area (Å²) in [5.74, 6) is -0.132. The standard InChI is InChI=1S/C12H18NO5P/c1-4-17-12(14)10(2)13-19(15,16-3)18-11-8-6-5-7-9-11/h5-10H,4H2,1-3H3,(H,13,15)/t10-,19+/m0/s1. The molecule has 0 aliphatic rings. The van der Waals surface area contributed by atoms with Crippen LogP contribution in [0.3, 0.4) is 0 Å². The quantitative estimate of drug-likeness (QED) is 0.613. The molecule has 0 radical (unpaired) electrons. The zero-order valence-electron chi connectivity index (χ0n) is 11.2. The van der Waals surface area contributed by atoms with E-state index in [2.05, 4.69) is 5.09 Å². The summed E-state index contributed by atoms with van der Waals surface area (Å²) < 4.78 is 27.2. The van der Waals surface area contributed by atoms with Crippen LogP contribution >= 0.6 is 7.75 Å². The highest BCUT2D eigenvalue weighted by Crippen LogP contribution is 2.43. The van der Waals surface area contributed by atoms with Crippen LogP contribution in [0.15, 0.2) is 30.3 Å². The average Bonchev–Trinajstić information content (AvgIpc) is 2.40. The van der Waals surface area contributed by atoms with Crippen molar-refractivity contribution in [2.45, 2.75) is 19.9 Å². The van der Waals surface area contributed by atoms with Crippen LogP contribution < -0.4 is 9.61 Å². The molecule has 0 aromatic heterocycles. The van der Waals surface area contributed by atoms with Gasteiger partial charge in [-0.05, 0) is 26.0 Å². The fraction of sp³-hybridized carbons (Fsp3) is 0.417. The van der Waals surface area contributed by atoms with Gasteiger partial charge in [0.1, 0.15) is 11.8 Å².